The molecule has 1 heterocycles. The molecule has 0 aromatic carbocycles. The first-order chi connectivity index (χ1) is 7.68. The predicted molar refractivity (Wildman–Crippen MR) is 64.0 cm³/mol. The second-order valence-corrected chi connectivity index (χ2v) is 5.17. The second-order valence-electron chi connectivity index (χ2n) is 5.17. The number of hydrogen-bond donors (Lipinski definition) is 2. The Kier molecular flexibility index (Phi) is 3.50. The lowest BCUT2D eigenvalue weighted by atomic mass is 9.85. The van der Waals surface area contributed by atoms with Gasteiger partial charge in [0.1, 0.15) is 5.54 Å². The van der Waals surface area contributed by atoms with Gasteiger partial charge in [-0.15, -0.1) is 0 Å². The van der Waals surface area contributed by atoms with Crippen LogP contribution in [0, 0.1) is 5.92 Å². The second kappa shape index (κ2) is 4.72. The summed E-state index contributed by atoms with van der Waals surface area (Å²) in [6.45, 7) is 6.16. The van der Waals surface area contributed by atoms with E-state index in [-0.39, 0.29) is 11.4 Å². The minimum atomic E-state index is -0.355. The van der Waals surface area contributed by atoms with Crippen LogP contribution in [0.25, 0.3) is 0 Å². The van der Waals surface area contributed by atoms with Crippen LogP contribution in [0.1, 0.15) is 32.6 Å². The molecule has 2 atom stereocenters. The molecule has 1 saturated heterocycles. The van der Waals surface area contributed by atoms with Crippen LogP contribution in [-0.4, -0.2) is 42.5 Å². The molecule has 2 aliphatic rings. The molecule has 0 bridgehead atoms. The molecule has 3 N–H and O–H groups in total. The van der Waals surface area contributed by atoms with Gasteiger partial charge in [-0.3, -0.25) is 9.69 Å². The smallest absolute Gasteiger partial charge is 0.238 e. The van der Waals surface area contributed by atoms with Crippen LogP contribution in [0.3, 0.4) is 0 Å². The fourth-order valence-electron chi connectivity index (χ4n) is 3.40. The molecule has 1 amide bonds. The predicted octanol–water partition coefficient (Wildman–Crippen LogP) is 0.326. The van der Waals surface area contributed by atoms with E-state index in [1.807, 2.05) is 0 Å². The van der Waals surface area contributed by atoms with E-state index in [4.69, 9.17) is 5.73 Å². The van der Waals surface area contributed by atoms with Gasteiger partial charge < -0.3 is 11.1 Å². The van der Waals surface area contributed by atoms with Crippen molar-refractivity contribution in [2.45, 2.75) is 38.1 Å². The highest BCUT2D eigenvalue weighted by atomic mass is 16.1. The van der Waals surface area contributed by atoms with E-state index in [9.17, 15) is 4.79 Å². The van der Waals surface area contributed by atoms with Gasteiger partial charge in [-0.25, -0.2) is 0 Å². The molecule has 2 rings (SSSR count). The van der Waals surface area contributed by atoms with Crippen molar-refractivity contribution in [3.8, 4) is 0 Å². The van der Waals surface area contributed by atoms with Gasteiger partial charge in [0.05, 0.1) is 0 Å². The molecular formula is C12H23N3O. The standard InChI is InChI=1S/C12H23N3O/c1-10-4-2-5-12(10,11(13)16)15-8-3-6-14-7-9-15/h10,14H,2-9H2,1H3,(H2,13,16). The minimum Gasteiger partial charge on any atom is -0.368 e. The average Bonchev–Trinajstić information content (AvgIpc) is 2.51. The van der Waals surface area contributed by atoms with Crippen molar-refractivity contribution in [2.75, 3.05) is 26.2 Å². The minimum absolute atomic E-state index is 0.112. The molecule has 1 aliphatic carbocycles. The number of carbonyl (C=O) groups is 1. The van der Waals surface area contributed by atoms with Gasteiger partial charge in [0, 0.05) is 19.6 Å². The lowest BCUT2D eigenvalue weighted by molar-refractivity contribution is -0.132. The van der Waals surface area contributed by atoms with E-state index in [1.165, 1.54) is 0 Å². The van der Waals surface area contributed by atoms with E-state index in [0.717, 1.165) is 51.9 Å². The monoisotopic (exact) mass is 225 g/mol. The highest BCUT2D eigenvalue weighted by Crippen LogP contribution is 2.40. The maximum Gasteiger partial charge on any atom is 0.238 e. The summed E-state index contributed by atoms with van der Waals surface area (Å²) in [5.74, 6) is 0.294. The fourth-order valence-corrected chi connectivity index (χ4v) is 3.40. The number of nitrogens with one attached hydrogen (secondary N) is 1. The number of rotatable bonds is 2. The van der Waals surface area contributed by atoms with Gasteiger partial charge >= 0.3 is 0 Å². The molecule has 0 spiro atoms. The third kappa shape index (κ3) is 1.84. The Labute approximate surface area is 97.6 Å². The first kappa shape index (κ1) is 11.9. The molecule has 92 valence electrons. The van der Waals surface area contributed by atoms with Gasteiger partial charge in [-0.1, -0.05) is 13.3 Å². The summed E-state index contributed by atoms with van der Waals surface area (Å²) < 4.78 is 0. The van der Waals surface area contributed by atoms with E-state index in [0.29, 0.717) is 5.92 Å². The number of nitrogens with two attached hydrogens (primary N) is 1. The quantitative estimate of drug-likeness (QED) is 0.712. The van der Waals surface area contributed by atoms with Gasteiger partial charge in [0.25, 0.3) is 0 Å². The summed E-state index contributed by atoms with van der Waals surface area (Å²) in [5.41, 5.74) is 5.35. The van der Waals surface area contributed by atoms with Crippen molar-refractivity contribution in [1.82, 2.24) is 10.2 Å². The number of primary amides is 1. The normalized spacial score (nSPS) is 37.2. The highest BCUT2D eigenvalue weighted by molar-refractivity contribution is 5.85. The summed E-state index contributed by atoms with van der Waals surface area (Å²) in [7, 11) is 0. The van der Waals surface area contributed by atoms with E-state index >= 15 is 0 Å². The van der Waals surface area contributed by atoms with Crippen LogP contribution in [-0.2, 0) is 4.79 Å². The summed E-state index contributed by atoms with van der Waals surface area (Å²) in [6, 6.07) is 0. The lowest BCUT2D eigenvalue weighted by Gasteiger charge is -2.41. The maximum absolute atomic E-state index is 11.9. The molecule has 0 radical (unpaired) electrons. The highest BCUT2D eigenvalue weighted by Gasteiger charge is 2.49. The molecule has 0 aromatic rings. The molecule has 4 heteroatoms. The van der Waals surface area contributed by atoms with Crippen LogP contribution in [0.4, 0.5) is 0 Å². The van der Waals surface area contributed by atoms with Gasteiger partial charge in [0.2, 0.25) is 5.91 Å². The van der Waals surface area contributed by atoms with Crippen molar-refractivity contribution in [3.05, 3.63) is 0 Å². The Bertz CT molecular complexity index is 261. The van der Waals surface area contributed by atoms with Crippen LogP contribution in [0.5, 0.6) is 0 Å². The van der Waals surface area contributed by atoms with E-state index in [1.54, 1.807) is 0 Å². The van der Waals surface area contributed by atoms with Crippen molar-refractivity contribution in [1.29, 1.82) is 0 Å². The Balaban J connectivity index is 2.20. The van der Waals surface area contributed by atoms with Crippen molar-refractivity contribution < 1.29 is 4.79 Å². The molecule has 1 saturated carbocycles. The molecule has 16 heavy (non-hydrogen) atoms. The van der Waals surface area contributed by atoms with Crippen molar-refractivity contribution in [2.24, 2.45) is 11.7 Å². The van der Waals surface area contributed by atoms with Gasteiger partial charge in [-0.05, 0) is 31.7 Å². The Morgan fingerprint density at radius 3 is 2.81 bits per heavy atom. The summed E-state index contributed by atoms with van der Waals surface area (Å²) in [6.07, 6.45) is 4.33. The maximum atomic E-state index is 11.9. The molecule has 0 aromatic heterocycles. The zero-order chi connectivity index (χ0) is 11.6. The third-order valence-electron chi connectivity index (χ3n) is 4.34. The van der Waals surface area contributed by atoms with Crippen molar-refractivity contribution in [3.63, 3.8) is 0 Å². The van der Waals surface area contributed by atoms with Crippen molar-refractivity contribution >= 4 is 5.91 Å². The largest absolute Gasteiger partial charge is 0.368 e. The zero-order valence-electron chi connectivity index (χ0n) is 10.2. The molecule has 2 unspecified atom stereocenters. The first-order valence-corrected chi connectivity index (χ1v) is 6.43. The number of nitrogens with zero attached hydrogens (tertiary/aromatic N) is 1. The Morgan fingerprint density at radius 1 is 1.38 bits per heavy atom. The third-order valence-corrected chi connectivity index (χ3v) is 4.34. The number of hydrogen-bond acceptors (Lipinski definition) is 3. The molecule has 2 fully saturated rings. The summed E-state index contributed by atoms with van der Waals surface area (Å²) in [4.78, 5) is 14.2. The SMILES string of the molecule is CC1CCCC1(C(N)=O)N1CCCNCC1. The summed E-state index contributed by atoms with van der Waals surface area (Å²) in [5, 5.41) is 3.38. The number of carbonyl (C=O) groups excluding carboxylic acids is 1. The molecular weight excluding hydrogens is 202 g/mol. The zero-order valence-corrected chi connectivity index (χ0v) is 10.2. The van der Waals surface area contributed by atoms with Gasteiger partial charge in [-0.2, -0.15) is 0 Å². The Hall–Kier alpha value is -0.610. The van der Waals surface area contributed by atoms with Gasteiger partial charge in [0.15, 0.2) is 0 Å². The summed E-state index contributed by atoms with van der Waals surface area (Å²) >= 11 is 0. The van der Waals surface area contributed by atoms with Crippen LogP contribution in [0.15, 0.2) is 0 Å². The van der Waals surface area contributed by atoms with E-state index in [2.05, 4.69) is 17.1 Å². The lowest BCUT2D eigenvalue weighted by Crippen LogP contribution is -2.60. The van der Waals surface area contributed by atoms with E-state index < -0.39 is 0 Å². The topological polar surface area (TPSA) is 58.4 Å². The fraction of sp³-hybridized carbons (Fsp3) is 0.917. The van der Waals surface area contributed by atoms with Crippen LogP contribution < -0.4 is 11.1 Å². The first-order valence-electron chi connectivity index (χ1n) is 6.43. The molecule has 4 nitrogen and oxygen atoms in total. The van der Waals surface area contributed by atoms with Crippen LogP contribution in [0.2, 0.25) is 0 Å². The Morgan fingerprint density at radius 2 is 2.19 bits per heavy atom. The van der Waals surface area contributed by atoms with Crippen LogP contribution >= 0.6 is 0 Å². The number of amides is 1. The average molecular weight is 225 g/mol. The molecule has 1 aliphatic heterocycles.